The molecular formula is C13H18BrN3O. The Balaban J connectivity index is 1.87. The van der Waals surface area contributed by atoms with Crippen LogP contribution in [0.2, 0.25) is 0 Å². The van der Waals surface area contributed by atoms with Gasteiger partial charge in [0, 0.05) is 16.2 Å². The van der Waals surface area contributed by atoms with Crippen molar-refractivity contribution in [2.24, 2.45) is 0 Å². The van der Waals surface area contributed by atoms with Crippen molar-refractivity contribution in [3.8, 4) is 0 Å². The van der Waals surface area contributed by atoms with Gasteiger partial charge in [-0.3, -0.25) is 10.2 Å². The van der Waals surface area contributed by atoms with Gasteiger partial charge in [0.25, 0.3) is 0 Å². The molecule has 1 saturated heterocycles. The molecule has 2 rings (SSSR count). The fourth-order valence-corrected chi connectivity index (χ4v) is 2.36. The zero-order valence-corrected chi connectivity index (χ0v) is 12.0. The van der Waals surface area contributed by atoms with E-state index in [1.807, 2.05) is 24.3 Å². The first-order chi connectivity index (χ1) is 8.69. The maximum absolute atomic E-state index is 12.0. The molecule has 0 bridgehead atoms. The van der Waals surface area contributed by atoms with E-state index in [-0.39, 0.29) is 11.9 Å². The van der Waals surface area contributed by atoms with E-state index in [0.29, 0.717) is 6.04 Å². The summed E-state index contributed by atoms with van der Waals surface area (Å²) in [6, 6.07) is 7.84. The molecule has 3 N–H and O–H groups in total. The number of carbonyl (C=O) groups excluding carboxylic acids is 1. The van der Waals surface area contributed by atoms with Gasteiger partial charge in [-0.15, -0.1) is 0 Å². The molecule has 4 nitrogen and oxygen atoms in total. The Morgan fingerprint density at radius 2 is 2.11 bits per heavy atom. The number of hydrogen-bond donors (Lipinski definition) is 3. The number of benzene rings is 1. The molecule has 2 atom stereocenters. The van der Waals surface area contributed by atoms with E-state index < -0.39 is 0 Å². The molecule has 1 aromatic carbocycles. The highest BCUT2D eigenvalue weighted by molar-refractivity contribution is 9.10. The minimum atomic E-state index is -0.148. The Bertz CT molecular complexity index is 407. The molecule has 0 spiro atoms. The van der Waals surface area contributed by atoms with Crippen molar-refractivity contribution < 1.29 is 4.79 Å². The number of carbonyl (C=O) groups is 1. The fraction of sp³-hybridized carbons (Fsp3) is 0.462. The Morgan fingerprint density at radius 3 is 2.78 bits per heavy atom. The first kappa shape index (κ1) is 13.5. The molecule has 1 aliphatic heterocycles. The largest absolute Gasteiger partial charge is 0.325 e. The van der Waals surface area contributed by atoms with E-state index in [1.54, 1.807) is 0 Å². The zero-order chi connectivity index (χ0) is 13.0. The summed E-state index contributed by atoms with van der Waals surface area (Å²) in [5, 5.41) is 2.91. The van der Waals surface area contributed by atoms with Gasteiger partial charge >= 0.3 is 0 Å². The smallest absolute Gasteiger partial charge is 0.242 e. The van der Waals surface area contributed by atoms with Crippen LogP contribution in [-0.2, 0) is 4.79 Å². The van der Waals surface area contributed by atoms with Gasteiger partial charge in [-0.1, -0.05) is 29.3 Å². The fourth-order valence-electron chi connectivity index (χ4n) is 2.09. The van der Waals surface area contributed by atoms with Crippen LogP contribution in [-0.4, -0.2) is 18.0 Å². The SMILES string of the molecule is CCCC1CC(C(=O)Nc2ccc(Br)cc2)NN1. The van der Waals surface area contributed by atoms with Crippen LogP contribution in [0.15, 0.2) is 28.7 Å². The third-order valence-corrected chi connectivity index (χ3v) is 3.58. The predicted octanol–water partition coefficient (Wildman–Crippen LogP) is 2.42. The second kappa shape index (κ2) is 6.31. The molecule has 0 aliphatic carbocycles. The van der Waals surface area contributed by atoms with Gasteiger partial charge in [-0.05, 0) is 37.1 Å². The van der Waals surface area contributed by atoms with Crippen LogP contribution in [0, 0.1) is 0 Å². The highest BCUT2D eigenvalue weighted by Crippen LogP contribution is 2.16. The van der Waals surface area contributed by atoms with Gasteiger partial charge in [0.2, 0.25) is 5.91 Å². The standard InChI is InChI=1S/C13H18BrN3O/c1-2-3-11-8-12(17-16-11)13(18)15-10-6-4-9(14)5-7-10/h4-7,11-12,16-17H,2-3,8H2,1H3,(H,15,18). The van der Waals surface area contributed by atoms with Gasteiger partial charge in [0.05, 0.1) is 0 Å². The van der Waals surface area contributed by atoms with Crippen LogP contribution in [0.1, 0.15) is 26.2 Å². The lowest BCUT2D eigenvalue weighted by Crippen LogP contribution is -2.40. The quantitative estimate of drug-likeness (QED) is 0.800. The van der Waals surface area contributed by atoms with Crippen LogP contribution < -0.4 is 16.2 Å². The van der Waals surface area contributed by atoms with E-state index in [1.165, 1.54) is 0 Å². The molecule has 98 valence electrons. The second-order valence-corrected chi connectivity index (χ2v) is 5.47. The third kappa shape index (κ3) is 3.54. The number of hydrazine groups is 1. The first-order valence-electron chi connectivity index (χ1n) is 6.26. The molecule has 1 aliphatic rings. The van der Waals surface area contributed by atoms with Gasteiger partial charge in [-0.2, -0.15) is 0 Å². The van der Waals surface area contributed by atoms with Crippen LogP contribution in [0.4, 0.5) is 5.69 Å². The molecule has 0 saturated carbocycles. The number of hydrogen-bond acceptors (Lipinski definition) is 3. The number of anilines is 1. The monoisotopic (exact) mass is 311 g/mol. The summed E-state index contributed by atoms with van der Waals surface area (Å²) in [5.41, 5.74) is 7.04. The van der Waals surface area contributed by atoms with Crippen molar-refractivity contribution in [1.29, 1.82) is 0 Å². The van der Waals surface area contributed by atoms with Crippen LogP contribution in [0.25, 0.3) is 0 Å². The maximum atomic E-state index is 12.0. The molecule has 5 heteroatoms. The molecule has 18 heavy (non-hydrogen) atoms. The summed E-state index contributed by atoms with van der Waals surface area (Å²) in [6.07, 6.45) is 3.06. The second-order valence-electron chi connectivity index (χ2n) is 4.56. The molecule has 1 aromatic rings. The summed E-state index contributed by atoms with van der Waals surface area (Å²) in [5.74, 6) is 0.0171. The predicted molar refractivity (Wildman–Crippen MR) is 76.1 cm³/mol. The lowest BCUT2D eigenvalue weighted by atomic mass is 10.1. The summed E-state index contributed by atoms with van der Waals surface area (Å²) in [6.45, 7) is 2.15. The van der Waals surface area contributed by atoms with Gasteiger partial charge in [0.1, 0.15) is 6.04 Å². The topological polar surface area (TPSA) is 53.2 Å². The Hall–Kier alpha value is -0.910. The van der Waals surface area contributed by atoms with Crippen molar-refractivity contribution in [1.82, 2.24) is 10.9 Å². The van der Waals surface area contributed by atoms with Crippen molar-refractivity contribution in [2.75, 3.05) is 5.32 Å². The highest BCUT2D eigenvalue weighted by atomic mass is 79.9. The lowest BCUT2D eigenvalue weighted by molar-refractivity contribution is -0.117. The van der Waals surface area contributed by atoms with E-state index in [2.05, 4.69) is 39.0 Å². The van der Waals surface area contributed by atoms with Gasteiger partial charge in [-0.25, -0.2) is 5.43 Å². The molecule has 1 amide bonds. The Kier molecular flexibility index (Phi) is 4.74. The normalized spacial score (nSPS) is 23.0. The average molecular weight is 312 g/mol. The third-order valence-electron chi connectivity index (χ3n) is 3.05. The number of nitrogens with one attached hydrogen (secondary N) is 3. The van der Waals surface area contributed by atoms with Crippen LogP contribution in [0.3, 0.4) is 0 Å². The first-order valence-corrected chi connectivity index (χ1v) is 7.06. The number of rotatable bonds is 4. The molecule has 1 fully saturated rings. The van der Waals surface area contributed by atoms with Crippen molar-refractivity contribution in [3.63, 3.8) is 0 Å². The van der Waals surface area contributed by atoms with Crippen molar-refractivity contribution in [2.45, 2.75) is 38.3 Å². The van der Waals surface area contributed by atoms with E-state index in [0.717, 1.165) is 29.4 Å². The van der Waals surface area contributed by atoms with Gasteiger partial charge < -0.3 is 5.32 Å². The summed E-state index contributed by atoms with van der Waals surface area (Å²) >= 11 is 3.37. The lowest BCUT2D eigenvalue weighted by Gasteiger charge is -2.10. The van der Waals surface area contributed by atoms with E-state index in [9.17, 15) is 4.79 Å². The maximum Gasteiger partial charge on any atom is 0.242 e. The molecule has 0 aromatic heterocycles. The van der Waals surface area contributed by atoms with E-state index in [4.69, 9.17) is 0 Å². The number of halogens is 1. The Labute approximate surface area is 116 Å². The average Bonchev–Trinajstić information content (AvgIpc) is 2.81. The zero-order valence-electron chi connectivity index (χ0n) is 10.4. The molecular weight excluding hydrogens is 294 g/mol. The molecule has 0 radical (unpaired) electrons. The summed E-state index contributed by atoms with van der Waals surface area (Å²) in [7, 11) is 0. The van der Waals surface area contributed by atoms with Crippen LogP contribution >= 0.6 is 15.9 Å². The molecule has 2 unspecified atom stereocenters. The highest BCUT2D eigenvalue weighted by Gasteiger charge is 2.28. The number of amides is 1. The molecule has 1 heterocycles. The summed E-state index contributed by atoms with van der Waals surface area (Å²) < 4.78 is 1.00. The van der Waals surface area contributed by atoms with Crippen molar-refractivity contribution >= 4 is 27.5 Å². The van der Waals surface area contributed by atoms with E-state index >= 15 is 0 Å². The van der Waals surface area contributed by atoms with Crippen molar-refractivity contribution in [3.05, 3.63) is 28.7 Å². The van der Waals surface area contributed by atoms with Crippen LogP contribution in [0.5, 0.6) is 0 Å². The minimum absolute atomic E-state index is 0.0171. The minimum Gasteiger partial charge on any atom is -0.325 e. The Morgan fingerprint density at radius 1 is 1.39 bits per heavy atom. The summed E-state index contributed by atoms with van der Waals surface area (Å²) in [4.78, 5) is 12.0. The van der Waals surface area contributed by atoms with Gasteiger partial charge in [0.15, 0.2) is 0 Å².